The van der Waals surface area contributed by atoms with Crippen molar-refractivity contribution < 1.29 is 8.42 Å². The fraction of sp³-hybridized carbons (Fsp3) is 0.571. The SMILES string of the molecule is CNS(=O)(=O)c1cc(N)ccc1N1CCCC(C)CC1. The van der Waals surface area contributed by atoms with Gasteiger partial charge in [0.2, 0.25) is 10.0 Å². The van der Waals surface area contributed by atoms with Gasteiger partial charge in [0, 0.05) is 18.8 Å². The standard InChI is InChI=1S/C14H23N3O2S/c1-11-4-3-8-17(9-7-11)13-6-5-12(15)10-14(13)20(18,19)16-2/h5-6,10-11,16H,3-4,7-9,15H2,1-2H3. The zero-order valence-corrected chi connectivity index (χ0v) is 12.9. The van der Waals surface area contributed by atoms with Crippen LogP contribution in [-0.4, -0.2) is 28.6 Å². The molecule has 1 unspecified atom stereocenters. The van der Waals surface area contributed by atoms with Crippen LogP contribution in [0.15, 0.2) is 23.1 Å². The van der Waals surface area contributed by atoms with E-state index in [4.69, 9.17) is 5.73 Å². The monoisotopic (exact) mass is 297 g/mol. The number of nitrogens with one attached hydrogen (secondary N) is 1. The van der Waals surface area contributed by atoms with Crippen molar-refractivity contribution in [1.29, 1.82) is 0 Å². The molecule has 0 saturated carbocycles. The van der Waals surface area contributed by atoms with Crippen LogP contribution in [0.2, 0.25) is 0 Å². The number of nitrogens with two attached hydrogens (primary N) is 1. The molecule has 1 aromatic rings. The lowest BCUT2D eigenvalue weighted by Gasteiger charge is -2.25. The summed E-state index contributed by atoms with van der Waals surface area (Å²) in [5.41, 5.74) is 6.97. The van der Waals surface area contributed by atoms with Crippen molar-refractivity contribution in [1.82, 2.24) is 4.72 Å². The highest BCUT2D eigenvalue weighted by Gasteiger charge is 2.22. The van der Waals surface area contributed by atoms with Crippen molar-refractivity contribution in [2.45, 2.75) is 31.1 Å². The van der Waals surface area contributed by atoms with E-state index in [1.807, 2.05) is 6.07 Å². The number of benzene rings is 1. The number of nitrogens with zero attached hydrogens (tertiary/aromatic N) is 1. The number of rotatable bonds is 3. The van der Waals surface area contributed by atoms with Crippen LogP contribution in [0, 0.1) is 5.92 Å². The molecule has 1 atom stereocenters. The van der Waals surface area contributed by atoms with E-state index < -0.39 is 10.0 Å². The van der Waals surface area contributed by atoms with Gasteiger partial charge in [-0.15, -0.1) is 0 Å². The van der Waals surface area contributed by atoms with E-state index in [9.17, 15) is 8.42 Å². The van der Waals surface area contributed by atoms with Gasteiger partial charge in [0.05, 0.1) is 5.69 Å². The van der Waals surface area contributed by atoms with Gasteiger partial charge in [0.1, 0.15) is 4.90 Å². The van der Waals surface area contributed by atoms with E-state index in [0.717, 1.165) is 31.6 Å². The van der Waals surface area contributed by atoms with Crippen LogP contribution in [0.5, 0.6) is 0 Å². The Bertz CT molecular complexity index is 572. The average molecular weight is 297 g/mol. The van der Waals surface area contributed by atoms with Crippen molar-refractivity contribution >= 4 is 21.4 Å². The third-order valence-electron chi connectivity index (χ3n) is 3.90. The van der Waals surface area contributed by atoms with Crippen molar-refractivity contribution in [2.24, 2.45) is 5.92 Å². The predicted octanol–water partition coefficient (Wildman–Crippen LogP) is 1.80. The van der Waals surface area contributed by atoms with Gasteiger partial charge in [-0.25, -0.2) is 13.1 Å². The fourth-order valence-electron chi connectivity index (χ4n) is 2.62. The second kappa shape index (κ2) is 6.01. The molecule has 0 aromatic heterocycles. The lowest BCUT2D eigenvalue weighted by atomic mass is 10.0. The number of anilines is 2. The average Bonchev–Trinajstić information content (AvgIpc) is 2.63. The second-order valence-corrected chi connectivity index (χ2v) is 7.31. The van der Waals surface area contributed by atoms with Crippen LogP contribution < -0.4 is 15.4 Å². The lowest BCUT2D eigenvalue weighted by molar-refractivity contribution is 0.521. The van der Waals surface area contributed by atoms with Gasteiger partial charge in [0.15, 0.2) is 0 Å². The number of sulfonamides is 1. The first-order valence-electron chi connectivity index (χ1n) is 7.02. The summed E-state index contributed by atoms with van der Waals surface area (Å²) in [5, 5.41) is 0. The zero-order valence-electron chi connectivity index (χ0n) is 12.1. The highest BCUT2D eigenvalue weighted by molar-refractivity contribution is 7.89. The first-order valence-corrected chi connectivity index (χ1v) is 8.50. The molecule has 3 N–H and O–H groups in total. The van der Waals surface area contributed by atoms with Gasteiger partial charge in [-0.1, -0.05) is 6.92 Å². The zero-order chi connectivity index (χ0) is 14.8. The maximum Gasteiger partial charge on any atom is 0.242 e. The predicted molar refractivity (Wildman–Crippen MR) is 82.3 cm³/mol. The van der Waals surface area contributed by atoms with Gasteiger partial charge in [0.25, 0.3) is 0 Å². The minimum absolute atomic E-state index is 0.273. The molecule has 0 amide bonds. The summed E-state index contributed by atoms with van der Waals surface area (Å²) < 4.78 is 26.7. The van der Waals surface area contributed by atoms with Crippen LogP contribution >= 0.6 is 0 Å². The first kappa shape index (κ1) is 15.1. The summed E-state index contributed by atoms with van der Waals surface area (Å²) >= 11 is 0. The Kier molecular flexibility index (Phi) is 4.55. The molecule has 1 aliphatic rings. The van der Waals surface area contributed by atoms with Gasteiger partial charge in [-0.05, 0) is 50.4 Å². The molecular weight excluding hydrogens is 274 g/mol. The minimum Gasteiger partial charge on any atom is -0.399 e. The smallest absolute Gasteiger partial charge is 0.242 e. The molecule has 1 aliphatic heterocycles. The summed E-state index contributed by atoms with van der Waals surface area (Å²) in [4.78, 5) is 2.43. The topological polar surface area (TPSA) is 75.4 Å². The van der Waals surface area contributed by atoms with Crippen LogP contribution in [0.3, 0.4) is 0 Å². The Balaban J connectivity index is 2.41. The molecule has 5 nitrogen and oxygen atoms in total. The van der Waals surface area contributed by atoms with Gasteiger partial charge in [-0.2, -0.15) is 0 Å². The Labute approximate surface area is 121 Å². The largest absolute Gasteiger partial charge is 0.399 e. The first-order chi connectivity index (χ1) is 9.44. The van der Waals surface area contributed by atoms with Gasteiger partial charge >= 0.3 is 0 Å². The Hall–Kier alpha value is -1.27. The summed E-state index contributed by atoms with van der Waals surface area (Å²) in [6, 6.07) is 5.11. The number of hydrogen-bond acceptors (Lipinski definition) is 4. The molecule has 20 heavy (non-hydrogen) atoms. The van der Waals surface area contributed by atoms with Crippen molar-refractivity contribution in [3.05, 3.63) is 18.2 Å². The number of nitrogen functional groups attached to an aromatic ring is 1. The minimum atomic E-state index is -3.50. The van der Waals surface area contributed by atoms with Crippen LogP contribution in [0.25, 0.3) is 0 Å². The second-order valence-electron chi connectivity index (χ2n) is 5.46. The van der Waals surface area contributed by atoms with E-state index in [-0.39, 0.29) is 4.90 Å². The van der Waals surface area contributed by atoms with E-state index in [2.05, 4.69) is 16.5 Å². The third kappa shape index (κ3) is 3.24. The van der Waals surface area contributed by atoms with Crippen molar-refractivity contribution in [2.75, 3.05) is 30.8 Å². The molecule has 0 radical (unpaired) electrons. The Morgan fingerprint density at radius 3 is 2.75 bits per heavy atom. The van der Waals surface area contributed by atoms with E-state index >= 15 is 0 Å². The van der Waals surface area contributed by atoms with E-state index in [1.54, 1.807) is 6.07 Å². The molecule has 0 spiro atoms. The molecule has 6 heteroatoms. The molecule has 1 saturated heterocycles. The third-order valence-corrected chi connectivity index (χ3v) is 5.34. The molecule has 2 rings (SSSR count). The maximum absolute atomic E-state index is 12.2. The molecular formula is C14H23N3O2S. The molecule has 1 fully saturated rings. The quantitative estimate of drug-likeness (QED) is 0.834. The van der Waals surface area contributed by atoms with Crippen LogP contribution in [0.4, 0.5) is 11.4 Å². The fourth-order valence-corrected chi connectivity index (χ4v) is 3.60. The molecule has 0 bridgehead atoms. The van der Waals surface area contributed by atoms with E-state index in [0.29, 0.717) is 11.6 Å². The van der Waals surface area contributed by atoms with Crippen LogP contribution in [-0.2, 0) is 10.0 Å². The van der Waals surface area contributed by atoms with Gasteiger partial charge < -0.3 is 10.6 Å². The van der Waals surface area contributed by atoms with Crippen molar-refractivity contribution in [3.8, 4) is 0 Å². The maximum atomic E-state index is 12.2. The Morgan fingerprint density at radius 2 is 2.05 bits per heavy atom. The molecule has 112 valence electrons. The summed E-state index contributed by atoms with van der Waals surface area (Å²) in [7, 11) is -2.07. The molecule has 0 aliphatic carbocycles. The summed E-state index contributed by atoms with van der Waals surface area (Å²) in [5.74, 6) is 0.693. The lowest BCUT2D eigenvalue weighted by Crippen LogP contribution is -2.28. The highest BCUT2D eigenvalue weighted by Crippen LogP contribution is 2.30. The normalized spacial score (nSPS) is 20.7. The van der Waals surface area contributed by atoms with E-state index in [1.165, 1.54) is 19.5 Å². The number of hydrogen-bond donors (Lipinski definition) is 2. The van der Waals surface area contributed by atoms with Crippen LogP contribution in [0.1, 0.15) is 26.2 Å². The molecule has 1 heterocycles. The van der Waals surface area contributed by atoms with Gasteiger partial charge in [-0.3, -0.25) is 0 Å². The highest BCUT2D eigenvalue weighted by atomic mass is 32.2. The summed E-state index contributed by atoms with van der Waals surface area (Å²) in [6.45, 7) is 4.02. The Morgan fingerprint density at radius 1 is 1.30 bits per heavy atom. The summed E-state index contributed by atoms with van der Waals surface area (Å²) in [6.07, 6.45) is 3.37. The van der Waals surface area contributed by atoms with Crippen molar-refractivity contribution in [3.63, 3.8) is 0 Å². The molecule has 1 aromatic carbocycles.